The molecule has 0 heterocycles. The van der Waals surface area contributed by atoms with Crippen LogP contribution in [-0.2, 0) is 0 Å². The summed E-state index contributed by atoms with van der Waals surface area (Å²) < 4.78 is 0. The largest absolute Gasteiger partial charge is 0.0996 e. The molecule has 3 aliphatic carbocycles. The number of fused-ring (bicyclic) bond motifs is 3. The zero-order valence-corrected chi connectivity index (χ0v) is 10.4. The second kappa shape index (κ2) is 2.90. The Hall–Kier alpha value is -0.260. The highest BCUT2D eigenvalue weighted by Gasteiger charge is 2.64. The average molecular weight is 204 g/mol. The van der Waals surface area contributed by atoms with Crippen molar-refractivity contribution in [3.8, 4) is 0 Å². The molecular weight excluding hydrogens is 180 g/mol. The van der Waals surface area contributed by atoms with E-state index in [0.717, 1.165) is 29.6 Å². The molecule has 0 aromatic rings. The maximum absolute atomic E-state index is 4.35. The summed E-state index contributed by atoms with van der Waals surface area (Å²) in [7, 11) is 0. The van der Waals surface area contributed by atoms with E-state index in [2.05, 4.69) is 27.4 Å². The van der Waals surface area contributed by atoms with Crippen molar-refractivity contribution in [3.63, 3.8) is 0 Å². The van der Waals surface area contributed by atoms with Crippen molar-refractivity contribution >= 4 is 0 Å². The number of hydrogen-bond donors (Lipinski definition) is 0. The Labute approximate surface area is 94.1 Å². The average Bonchev–Trinajstić information content (AvgIpc) is 2.55. The molecule has 0 radical (unpaired) electrons. The lowest BCUT2D eigenvalue weighted by molar-refractivity contribution is 0.280. The fraction of sp³-hybridized carbons (Fsp3) is 0.867. The van der Waals surface area contributed by atoms with Crippen molar-refractivity contribution in [2.75, 3.05) is 0 Å². The van der Waals surface area contributed by atoms with Crippen LogP contribution in [0.25, 0.3) is 0 Å². The normalized spacial score (nSPS) is 51.9. The fourth-order valence-corrected chi connectivity index (χ4v) is 4.93. The van der Waals surface area contributed by atoms with E-state index in [0.29, 0.717) is 5.41 Å². The van der Waals surface area contributed by atoms with Crippen LogP contribution >= 0.6 is 0 Å². The first-order valence-corrected chi connectivity index (χ1v) is 6.71. The van der Waals surface area contributed by atoms with Crippen LogP contribution in [0.15, 0.2) is 12.2 Å². The highest BCUT2D eigenvalue weighted by Crippen LogP contribution is 2.70. The maximum Gasteiger partial charge on any atom is -0.0172 e. The molecule has 0 spiro atoms. The second-order valence-corrected chi connectivity index (χ2v) is 6.89. The molecule has 3 aliphatic rings. The van der Waals surface area contributed by atoms with Gasteiger partial charge in [-0.05, 0) is 60.7 Å². The Balaban J connectivity index is 1.93. The van der Waals surface area contributed by atoms with Gasteiger partial charge in [0.15, 0.2) is 0 Å². The Kier molecular flexibility index (Phi) is 1.92. The van der Waals surface area contributed by atoms with Crippen LogP contribution in [-0.4, -0.2) is 0 Å². The third-order valence-electron chi connectivity index (χ3n) is 5.91. The number of rotatable bonds is 0. The van der Waals surface area contributed by atoms with E-state index in [1.165, 1.54) is 25.7 Å². The molecule has 3 fully saturated rings. The minimum atomic E-state index is 0.655. The third-order valence-corrected chi connectivity index (χ3v) is 5.91. The molecule has 5 atom stereocenters. The quantitative estimate of drug-likeness (QED) is 0.517. The molecule has 0 amide bonds. The zero-order valence-electron chi connectivity index (χ0n) is 10.4. The summed E-state index contributed by atoms with van der Waals surface area (Å²) in [5.74, 6) is 4.87. The summed E-state index contributed by atoms with van der Waals surface area (Å²) in [6.45, 7) is 11.8. The molecule has 3 saturated carbocycles. The standard InChI is InChI=1S/C15H24/c1-9-6-8-12-14(15(12,3)4)13-10(2)5-7-11(9)13/h10-14H,1,5-8H2,2-4H3/t10?,11?,12-,13?,14-/m1/s1. The van der Waals surface area contributed by atoms with E-state index < -0.39 is 0 Å². The SMILES string of the molecule is C=C1CC[C@@H]2[C@H](C3C(C)CCC13)C2(C)C. The van der Waals surface area contributed by atoms with Crippen LogP contribution in [0.1, 0.15) is 46.5 Å². The highest BCUT2D eigenvalue weighted by atomic mass is 14.7. The Morgan fingerprint density at radius 2 is 1.93 bits per heavy atom. The van der Waals surface area contributed by atoms with Gasteiger partial charge in [0.1, 0.15) is 0 Å². The van der Waals surface area contributed by atoms with Gasteiger partial charge in [-0.3, -0.25) is 0 Å². The Morgan fingerprint density at radius 1 is 1.20 bits per heavy atom. The lowest BCUT2D eigenvalue weighted by Crippen LogP contribution is -2.18. The summed E-state index contributed by atoms with van der Waals surface area (Å²) >= 11 is 0. The molecule has 0 nitrogen and oxygen atoms in total. The number of allylic oxidation sites excluding steroid dienone is 1. The van der Waals surface area contributed by atoms with Crippen molar-refractivity contribution < 1.29 is 0 Å². The van der Waals surface area contributed by atoms with Crippen LogP contribution in [0.2, 0.25) is 0 Å². The first-order valence-electron chi connectivity index (χ1n) is 6.71. The van der Waals surface area contributed by atoms with Crippen molar-refractivity contribution in [2.24, 2.45) is 35.0 Å². The van der Waals surface area contributed by atoms with E-state index in [1.807, 2.05) is 0 Å². The van der Waals surface area contributed by atoms with Crippen molar-refractivity contribution in [1.82, 2.24) is 0 Å². The second-order valence-electron chi connectivity index (χ2n) is 6.89. The van der Waals surface area contributed by atoms with Gasteiger partial charge < -0.3 is 0 Å². The first-order chi connectivity index (χ1) is 7.03. The Bertz CT molecular complexity index is 299. The van der Waals surface area contributed by atoms with Crippen LogP contribution in [0.4, 0.5) is 0 Å². The topological polar surface area (TPSA) is 0 Å². The highest BCUT2D eigenvalue weighted by molar-refractivity contribution is 5.20. The van der Waals surface area contributed by atoms with E-state index in [4.69, 9.17) is 0 Å². The maximum atomic E-state index is 4.35. The molecule has 0 bridgehead atoms. The molecule has 0 aliphatic heterocycles. The van der Waals surface area contributed by atoms with Crippen LogP contribution in [0.3, 0.4) is 0 Å². The summed E-state index contributed by atoms with van der Waals surface area (Å²) in [5, 5.41) is 0. The van der Waals surface area contributed by atoms with Gasteiger partial charge in [-0.2, -0.15) is 0 Å². The predicted molar refractivity (Wildman–Crippen MR) is 64.5 cm³/mol. The molecule has 15 heavy (non-hydrogen) atoms. The van der Waals surface area contributed by atoms with Gasteiger partial charge >= 0.3 is 0 Å². The minimum Gasteiger partial charge on any atom is -0.0996 e. The third kappa shape index (κ3) is 1.20. The van der Waals surface area contributed by atoms with Crippen LogP contribution in [0, 0.1) is 35.0 Å². The lowest BCUT2D eigenvalue weighted by atomic mass is 9.80. The monoisotopic (exact) mass is 204 g/mol. The first kappa shape index (κ1) is 9.93. The summed E-state index contributed by atoms with van der Waals surface area (Å²) in [6, 6.07) is 0. The van der Waals surface area contributed by atoms with E-state index in [-0.39, 0.29) is 0 Å². The van der Waals surface area contributed by atoms with E-state index >= 15 is 0 Å². The van der Waals surface area contributed by atoms with Crippen LogP contribution < -0.4 is 0 Å². The van der Waals surface area contributed by atoms with Crippen molar-refractivity contribution in [1.29, 1.82) is 0 Å². The van der Waals surface area contributed by atoms with Crippen molar-refractivity contribution in [3.05, 3.63) is 12.2 Å². The zero-order chi connectivity index (χ0) is 10.8. The number of hydrogen-bond acceptors (Lipinski definition) is 0. The molecule has 84 valence electrons. The smallest absolute Gasteiger partial charge is 0.0172 e. The summed E-state index contributed by atoms with van der Waals surface area (Å²) in [5.41, 5.74) is 2.25. The fourth-order valence-electron chi connectivity index (χ4n) is 4.93. The summed E-state index contributed by atoms with van der Waals surface area (Å²) in [6.07, 6.45) is 5.63. The molecular formula is C15H24. The molecule has 0 heteroatoms. The molecule has 0 N–H and O–H groups in total. The van der Waals surface area contributed by atoms with Gasteiger partial charge in [0.05, 0.1) is 0 Å². The van der Waals surface area contributed by atoms with Gasteiger partial charge in [0.25, 0.3) is 0 Å². The van der Waals surface area contributed by atoms with E-state index in [9.17, 15) is 0 Å². The lowest BCUT2D eigenvalue weighted by Gasteiger charge is -2.25. The molecule has 3 unspecified atom stereocenters. The van der Waals surface area contributed by atoms with Gasteiger partial charge in [0.2, 0.25) is 0 Å². The Morgan fingerprint density at radius 3 is 2.67 bits per heavy atom. The van der Waals surface area contributed by atoms with Gasteiger partial charge in [0, 0.05) is 0 Å². The van der Waals surface area contributed by atoms with Gasteiger partial charge in [-0.15, -0.1) is 0 Å². The van der Waals surface area contributed by atoms with Crippen molar-refractivity contribution in [2.45, 2.75) is 46.5 Å². The predicted octanol–water partition coefficient (Wildman–Crippen LogP) is 4.27. The van der Waals surface area contributed by atoms with E-state index in [1.54, 1.807) is 5.57 Å². The molecule has 0 saturated heterocycles. The molecule has 3 rings (SSSR count). The molecule has 0 aromatic carbocycles. The van der Waals surface area contributed by atoms with Gasteiger partial charge in [-0.25, -0.2) is 0 Å². The molecule has 0 aromatic heterocycles. The van der Waals surface area contributed by atoms with Crippen LogP contribution in [0.5, 0.6) is 0 Å². The minimum absolute atomic E-state index is 0.655. The van der Waals surface area contributed by atoms with Gasteiger partial charge in [-0.1, -0.05) is 32.9 Å². The summed E-state index contributed by atoms with van der Waals surface area (Å²) in [4.78, 5) is 0.